The van der Waals surface area contributed by atoms with Crippen molar-refractivity contribution in [3.8, 4) is 0 Å². The predicted octanol–water partition coefficient (Wildman–Crippen LogP) is 3.45. The number of H-pyrrole nitrogens is 1. The lowest BCUT2D eigenvalue weighted by atomic mass is 10.1. The van der Waals surface area contributed by atoms with E-state index in [1.54, 1.807) is 6.07 Å². The lowest BCUT2D eigenvalue weighted by molar-refractivity contribution is 0.514. The molecule has 0 bridgehead atoms. The lowest BCUT2D eigenvalue weighted by Gasteiger charge is -2.12. The number of nitrogens with zero attached hydrogens (tertiary/aromatic N) is 2. The molecule has 2 aromatic carbocycles. The van der Waals surface area contributed by atoms with E-state index in [1.807, 2.05) is 11.6 Å². The normalized spacial score (nSPS) is 16.8. The molecule has 25 heavy (non-hydrogen) atoms. The Morgan fingerprint density at radius 2 is 2.12 bits per heavy atom. The van der Waals surface area contributed by atoms with Crippen molar-refractivity contribution < 1.29 is 4.39 Å². The monoisotopic (exact) mass is 334 g/mol. The SMILES string of the molecule is Cn1c(CNC2Cc3[nH]c4ccccc4c3C2)nc2cc(F)ccc21. The van der Waals surface area contributed by atoms with Gasteiger partial charge in [-0.2, -0.15) is 0 Å². The van der Waals surface area contributed by atoms with Gasteiger partial charge in [0.05, 0.1) is 17.6 Å². The Kier molecular flexibility index (Phi) is 3.18. The van der Waals surface area contributed by atoms with Gasteiger partial charge in [-0.25, -0.2) is 9.37 Å². The third-order valence-corrected chi connectivity index (χ3v) is 5.29. The van der Waals surface area contributed by atoms with E-state index in [9.17, 15) is 4.39 Å². The molecule has 1 aliphatic carbocycles. The second-order valence-electron chi connectivity index (χ2n) is 6.83. The summed E-state index contributed by atoms with van der Waals surface area (Å²) in [5, 5.41) is 4.95. The molecule has 5 rings (SSSR count). The number of imidazole rings is 1. The number of benzene rings is 2. The molecule has 0 saturated heterocycles. The quantitative estimate of drug-likeness (QED) is 0.603. The fourth-order valence-corrected chi connectivity index (χ4v) is 3.99. The summed E-state index contributed by atoms with van der Waals surface area (Å²) in [6.07, 6.45) is 2.03. The molecule has 0 amide bonds. The van der Waals surface area contributed by atoms with Crippen molar-refractivity contribution in [2.24, 2.45) is 7.05 Å². The van der Waals surface area contributed by atoms with Crippen LogP contribution in [0.25, 0.3) is 21.9 Å². The first kappa shape index (κ1) is 14.7. The van der Waals surface area contributed by atoms with Crippen molar-refractivity contribution in [1.29, 1.82) is 0 Å². The number of halogens is 1. The van der Waals surface area contributed by atoms with Gasteiger partial charge in [-0.15, -0.1) is 0 Å². The number of aromatic amines is 1. The average molecular weight is 334 g/mol. The highest BCUT2D eigenvalue weighted by Crippen LogP contribution is 2.30. The second kappa shape index (κ2) is 5.43. The standard InChI is InChI=1S/C20H19FN4/c1-25-19-7-6-12(21)8-18(19)24-20(25)11-22-13-9-15-14-4-2-3-5-16(14)23-17(15)10-13/h2-8,13,22-23H,9-11H2,1H3. The number of aromatic nitrogens is 3. The van der Waals surface area contributed by atoms with Gasteiger partial charge in [0.15, 0.2) is 0 Å². The van der Waals surface area contributed by atoms with Crippen LogP contribution in [0.5, 0.6) is 0 Å². The van der Waals surface area contributed by atoms with Gasteiger partial charge in [0.1, 0.15) is 11.6 Å². The molecule has 1 aliphatic rings. The minimum Gasteiger partial charge on any atom is -0.358 e. The maximum atomic E-state index is 13.4. The molecule has 0 fully saturated rings. The summed E-state index contributed by atoms with van der Waals surface area (Å²) in [6.45, 7) is 0.680. The first-order valence-electron chi connectivity index (χ1n) is 8.62. The molecule has 0 spiro atoms. The predicted molar refractivity (Wildman–Crippen MR) is 97.0 cm³/mol. The molecule has 2 heterocycles. The molecule has 126 valence electrons. The van der Waals surface area contributed by atoms with Crippen molar-refractivity contribution in [3.63, 3.8) is 0 Å². The van der Waals surface area contributed by atoms with Crippen molar-refractivity contribution in [2.75, 3.05) is 0 Å². The van der Waals surface area contributed by atoms with Gasteiger partial charge in [-0.05, 0) is 30.2 Å². The van der Waals surface area contributed by atoms with Crippen LogP contribution in [0.15, 0.2) is 42.5 Å². The van der Waals surface area contributed by atoms with E-state index in [1.165, 1.54) is 34.3 Å². The van der Waals surface area contributed by atoms with E-state index in [-0.39, 0.29) is 5.82 Å². The van der Waals surface area contributed by atoms with E-state index in [0.717, 1.165) is 24.2 Å². The number of hydrogen-bond acceptors (Lipinski definition) is 2. The molecule has 0 aliphatic heterocycles. The molecule has 0 saturated carbocycles. The molecule has 4 nitrogen and oxygen atoms in total. The van der Waals surface area contributed by atoms with Gasteiger partial charge in [-0.3, -0.25) is 0 Å². The largest absolute Gasteiger partial charge is 0.358 e. The lowest BCUT2D eigenvalue weighted by Crippen LogP contribution is -2.30. The van der Waals surface area contributed by atoms with Crippen LogP contribution >= 0.6 is 0 Å². The number of rotatable bonds is 3. The minimum atomic E-state index is -0.244. The first-order valence-corrected chi connectivity index (χ1v) is 8.62. The fourth-order valence-electron chi connectivity index (χ4n) is 3.99. The Morgan fingerprint density at radius 1 is 1.24 bits per heavy atom. The van der Waals surface area contributed by atoms with Crippen LogP contribution < -0.4 is 5.32 Å². The summed E-state index contributed by atoms with van der Waals surface area (Å²) < 4.78 is 15.4. The third kappa shape index (κ3) is 2.35. The van der Waals surface area contributed by atoms with E-state index >= 15 is 0 Å². The molecule has 1 atom stereocenters. The summed E-state index contributed by atoms with van der Waals surface area (Å²) >= 11 is 0. The molecule has 0 radical (unpaired) electrons. The summed E-state index contributed by atoms with van der Waals surface area (Å²) in [7, 11) is 1.98. The highest BCUT2D eigenvalue weighted by molar-refractivity contribution is 5.85. The molecule has 1 unspecified atom stereocenters. The second-order valence-corrected chi connectivity index (χ2v) is 6.83. The number of fused-ring (bicyclic) bond motifs is 4. The minimum absolute atomic E-state index is 0.244. The highest BCUT2D eigenvalue weighted by atomic mass is 19.1. The Bertz CT molecular complexity index is 1090. The van der Waals surface area contributed by atoms with Crippen LogP contribution in [0.2, 0.25) is 0 Å². The molecule has 4 aromatic rings. The molecule has 2 aromatic heterocycles. The summed E-state index contributed by atoms with van der Waals surface area (Å²) in [6, 6.07) is 13.6. The van der Waals surface area contributed by atoms with Crippen LogP contribution in [-0.2, 0) is 26.4 Å². The number of aryl methyl sites for hydroxylation is 1. The topological polar surface area (TPSA) is 45.6 Å². The zero-order valence-corrected chi connectivity index (χ0v) is 14.0. The highest BCUT2D eigenvalue weighted by Gasteiger charge is 2.25. The van der Waals surface area contributed by atoms with E-state index in [2.05, 4.69) is 39.6 Å². The van der Waals surface area contributed by atoms with Crippen LogP contribution in [-0.4, -0.2) is 20.6 Å². The Morgan fingerprint density at radius 3 is 3.04 bits per heavy atom. The number of para-hydroxylation sites is 1. The molecular formula is C20H19FN4. The van der Waals surface area contributed by atoms with Gasteiger partial charge in [0, 0.05) is 42.2 Å². The van der Waals surface area contributed by atoms with Gasteiger partial charge in [0.25, 0.3) is 0 Å². The average Bonchev–Trinajstić information content (AvgIpc) is 3.24. The molecule has 5 heteroatoms. The molecular weight excluding hydrogens is 315 g/mol. The van der Waals surface area contributed by atoms with Crippen molar-refractivity contribution in [3.05, 3.63) is 65.4 Å². The van der Waals surface area contributed by atoms with Crippen molar-refractivity contribution >= 4 is 21.9 Å². The van der Waals surface area contributed by atoms with E-state index in [4.69, 9.17) is 0 Å². The van der Waals surface area contributed by atoms with Gasteiger partial charge >= 0.3 is 0 Å². The molecule has 2 N–H and O–H groups in total. The van der Waals surface area contributed by atoms with Crippen LogP contribution in [0.4, 0.5) is 4.39 Å². The summed E-state index contributed by atoms with van der Waals surface area (Å²) in [4.78, 5) is 8.11. The first-order chi connectivity index (χ1) is 12.2. The van der Waals surface area contributed by atoms with Crippen LogP contribution in [0.3, 0.4) is 0 Å². The maximum absolute atomic E-state index is 13.4. The van der Waals surface area contributed by atoms with Gasteiger partial charge in [0.2, 0.25) is 0 Å². The van der Waals surface area contributed by atoms with Crippen LogP contribution in [0.1, 0.15) is 17.1 Å². The van der Waals surface area contributed by atoms with E-state index < -0.39 is 0 Å². The van der Waals surface area contributed by atoms with Gasteiger partial charge < -0.3 is 14.9 Å². The third-order valence-electron chi connectivity index (χ3n) is 5.29. The Labute approximate surface area is 144 Å². The van der Waals surface area contributed by atoms with E-state index in [0.29, 0.717) is 18.1 Å². The van der Waals surface area contributed by atoms with Crippen molar-refractivity contribution in [2.45, 2.75) is 25.4 Å². The summed E-state index contributed by atoms with van der Waals surface area (Å²) in [5.41, 5.74) is 5.66. The van der Waals surface area contributed by atoms with Crippen molar-refractivity contribution in [1.82, 2.24) is 19.9 Å². The maximum Gasteiger partial charge on any atom is 0.125 e. The van der Waals surface area contributed by atoms with Crippen LogP contribution in [0, 0.1) is 5.82 Å². The zero-order valence-electron chi connectivity index (χ0n) is 14.0. The van der Waals surface area contributed by atoms with Gasteiger partial charge in [-0.1, -0.05) is 18.2 Å². The smallest absolute Gasteiger partial charge is 0.125 e. The Balaban J connectivity index is 1.34. The zero-order chi connectivity index (χ0) is 17.0. The summed E-state index contributed by atoms with van der Waals surface area (Å²) in [5.74, 6) is 0.687. The number of hydrogen-bond donors (Lipinski definition) is 2. The Hall–Kier alpha value is -2.66. The fraction of sp³-hybridized carbons (Fsp3) is 0.250. The number of nitrogens with one attached hydrogen (secondary N) is 2.